The number of rotatable bonds is 8. The van der Waals surface area contributed by atoms with Crippen molar-refractivity contribution in [2.45, 2.75) is 33.6 Å². The van der Waals surface area contributed by atoms with Crippen LogP contribution in [-0.4, -0.2) is 24.0 Å². The van der Waals surface area contributed by atoms with Gasteiger partial charge in [0.05, 0.1) is 4.88 Å². The van der Waals surface area contributed by atoms with Crippen LogP contribution in [0.3, 0.4) is 0 Å². The standard InChI is InChI=1S/C28H29NO2S/c1-4-29-14-13-20-7-9-21(10-8-20)16-25-23-12-11-22(30)17-26(23)32-28(25)27(31)24-15-18(2)5-6-19(24)3/h5-12,15,17,29-30H,4,13-14,16H2,1-3H3. The first kappa shape index (κ1) is 22.3. The Labute approximate surface area is 193 Å². The van der Waals surface area contributed by atoms with Gasteiger partial charge in [0.2, 0.25) is 5.78 Å². The first-order valence-electron chi connectivity index (χ1n) is 11.1. The Morgan fingerprint density at radius 1 is 0.969 bits per heavy atom. The molecule has 0 aliphatic carbocycles. The summed E-state index contributed by atoms with van der Waals surface area (Å²) in [4.78, 5) is 14.4. The topological polar surface area (TPSA) is 49.3 Å². The molecule has 4 heteroatoms. The normalized spacial score (nSPS) is 11.2. The van der Waals surface area contributed by atoms with Crippen LogP contribution in [0, 0.1) is 13.8 Å². The average Bonchev–Trinajstić information content (AvgIpc) is 3.13. The number of hydrogen-bond acceptors (Lipinski definition) is 4. The molecule has 0 fully saturated rings. The van der Waals surface area contributed by atoms with E-state index in [9.17, 15) is 9.90 Å². The smallest absolute Gasteiger partial charge is 0.203 e. The number of likely N-dealkylation sites (N-methyl/N-ethyl adjacent to an activating group) is 1. The number of hydrogen-bond donors (Lipinski definition) is 2. The van der Waals surface area contributed by atoms with Crippen LogP contribution in [0.2, 0.25) is 0 Å². The van der Waals surface area contributed by atoms with Crippen LogP contribution in [0.4, 0.5) is 0 Å². The van der Waals surface area contributed by atoms with Gasteiger partial charge in [0.15, 0.2) is 0 Å². The van der Waals surface area contributed by atoms with Gasteiger partial charge in [-0.1, -0.05) is 48.9 Å². The van der Waals surface area contributed by atoms with Gasteiger partial charge < -0.3 is 10.4 Å². The number of aromatic hydroxyl groups is 1. The number of phenolic OH excluding ortho intramolecular Hbond substituents is 1. The third kappa shape index (κ3) is 4.77. The molecular formula is C28H29NO2S. The minimum atomic E-state index is 0.0594. The SMILES string of the molecule is CCNCCc1ccc(Cc2c(C(=O)c3cc(C)ccc3C)sc3cc(O)ccc23)cc1. The zero-order valence-electron chi connectivity index (χ0n) is 18.9. The summed E-state index contributed by atoms with van der Waals surface area (Å²) in [5.74, 6) is 0.283. The van der Waals surface area contributed by atoms with Crippen LogP contribution in [-0.2, 0) is 12.8 Å². The summed E-state index contributed by atoms with van der Waals surface area (Å²) >= 11 is 1.47. The number of fused-ring (bicyclic) bond motifs is 1. The van der Waals surface area contributed by atoms with Crippen LogP contribution in [0.5, 0.6) is 5.75 Å². The van der Waals surface area contributed by atoms with Crippen molar-refractivity contribution in [3.05, 3.63) is 98.9 Å². The molecule has 0 aliphatic heterocycles. The van der Waals surface area contributed by atoms with Gasteiger partial charge in [-0.25, -0.2) is 0 Å². The first-order chi connectivity index (χ1) is 15.5. The average molecular weight is 444 g/mol. The summed E-state index contributed by atoms with van der Waals surface area (Å²) in [5.41, 5.74) is 6.34. The Balaban J connectivity index is 1.71. The van der Waals surface area contributed by atoms with Gasteiger partial charge in [0.25, 0.3) is 0 Å². The maximum Gasteiger partial charge on any atom is 0.203 e. The lowest BCUT2D eigenvalue weighted by molar-refractivity contribution is 0.104. The van der Waals surface area contributed by atoms with E-state index in [1.165, 1.54) is 22.5 Å². The van der Waals surface area contributed by atoms with Gasteiger partial charge in [0.1, 0.15) is 5.75 Å². The minimum Gasteiger partial charge on any atom is -0.508 e. The van der Waals surface area contributed by atoms with Crippen molar-refractivity contribution >= 4 is 27.2 Å². The van der Waals surface area contributed by atoms with Gasteiger partial charge in [-0.05, 0) is 91.7 Å². The van der Waals surface area contributed by atoms with E-state index < -0.39 is 0 Å². The quantitative estimate of drug-likeness (QED) is 0.252. The van der Waals surface area contributed by atoms with Crippen molar-refractivity contribution in [2.75, 3.05) is 13.1 Å². The highest BCUT2D eigenvalue weighted by molar-refractivity contribution is 7.21. The highest BCUT2D eigenvalue weighted by Crippen LogP contribution is 2.37. The molecular weight excluding hydrogens is 414 g/mol. The number of carbonyl (C=O) groups excluding carboxylic acids is 1. The monoisotopic (exact) mass is 443 g/mol. The van der Waals surface area contributed by atoms with Crippen molar-refractivity contribution in [3.8, 4) is 5.75 Å². The molecule has 3 aromatic carbocycles. The van der Waals surface area contributed by atoms with Crippen molar-refractivity contribution in [1.29, 1.82) is 0 Å². The number of thiophene rings is 1. The molecule has 32 heavy (non-hydrogen) atoms. The van der Waals surface area contributed by atoms with Crippen molar-refractivity contribution in [2.24, 2.45) is 0 Å². The Kier molecular flexibility index (Phi) is 6.73. The molecule has 0 bridgehead atoms. The fourth-order valence-electron chi connectivity index (χ4n) is 4.04. The van der Waals surface area contributed by atoms with Gasteiger partial charge >= 0.3 is 0 Å². The van der Waals surface area contributed by atoms with Crippen LogP contribution < -0.4 is 5.32 Å². The lowest BCUT2D eigenvalue weighted by Crippen LogP contribution is -2.15. The number of nitrogens with one attached hydrogen (secondary N) is 1. The zero-order chi connectivity index (χ0) is 22.7. The zero-order valence-corrected chi connectivity index (χ0v) is 19.7. The number of ketones is 1. The van der Waals surface area contributed by atoms with E-state index in [0.717, 1.165) is 56.7 Å². The molecule has 1 aromatic heterocycles. The highest BCUT2D eigenvalue weighted by Gasteiger charge is 2.21. The second-order valence-corrected chi connectivity index (χ2v) is 9.39. The molecule has 0 atom stereocenters. The molecule has 3 nitrogen and oxygen atoms in total. The summed E-state index contributed by atoms with van der Waals surface area (Å²) in [6.45, 7) is 8.07. The van der Waals surface area contributed by atoms with Crippen LogP contribution in [0.15, 0.2) is 60.7 Å². The fourth-order valence-corrected chi connectivity index (χ4v) is 5.25. The van der Waals surface area contributed by atoms with Gasteiger partial charge in [-0.15, -0.1) is 11.3 Å². The summed E-state index contributed by atoms with van der Waals surface area (Å²) in [5, 5.41) is 14.4. The Morgan fingerprint density at radius 2 is 1.72 bits per heavy atom. The predicted molar refractivity (Wildman–Crippen MR) is 134 cm³/mol. The Bertz CT molecular complexity index is 1250. The molecule has 0 unspecified atom stereocenters. The second-order valence-electron chi connectivity index (χ2n) is 8.33. The van der Waals surface area contributed by atoms with Gasteiger partial charge in [-0.2, -0.15) is 0 Å². The third-order valence-corrected chi connectivity index (χ3v) is 7.06. The summed E-state index contributed by atoms with van der Waals surface area (Å²) < 4.78 is 0.941. The molecule has 2 N–H and O–H groups in total. The fraction of sp³-hybridized carbons (Fsp3) is 0.250. The van der Waals surface area contributed by atoms with Crippen LogP contribution >= 0.6 is 11.3 Å². The molecule has 164 valence electrons. The number of benzene rings is 3. The molecule has 0 aliphatic rings. The van der Waals surface area contributed by atoms with E-state index in [1.807, 2.05) is 38.1 Å². The van der Waals surface area contributed by atoms with Gasteiger partial charge in [0, 0.05) is 10.3 Å². The summed E-state index contributed by atoms with van der Waals surface area (Å²) in [6, 6.07) is 20.1. The van der Waals surface area contributed by atoms with E-state index in [1.54, 1.807) is 12.1 Å². The van der Waals surface area contributed by atoms with Crippen molar-refractivity contribution < 1.29 is 9.90 Å². The molecule has 0 spiro atoms. The number of aryl methyl sites for hydroxylation is 2. The van der Waals surface area contributed by atoms with Crippen molar-refractivity contribution in [3.63, 3.8) is 0 Å². The summed E-state index contributed by atoms with van der Waals surface area (Å²) in [7, 11) is 0. The minimum absolute atomic E-state index is 0.0594. The predicted octanol–water partition coefficient (Wildman–Crippen LogP) is 6.20. The van der Waals surface area contributed by atoms with E-state index in [4.69, 9.17) is 0 Å². The maximum absolute atomic E-state index is 13.6. The lowest BCUT2D eigenvalue weighted by atomic mass is 9.95. The Hall–Kier alpha value is -2.95. The molecule has 0 radical (unpaired) electrons. The second kappa shape index (κ2) is 9.68. The van der Waals surface area contributed by atoms with E-state index in [0.29, 0.717) is 6.42 Å². The van der Waals surface area contributed by atoms with Crippen molar-refractivity contribution in [1.82, 2.24) is 5.32 Å². The molecule has 0 saturated carbocycles. The van der Waals surface area contributed by atoms with E-state index in [2.05, 4.69) is 36.5 Å². The van der Waals surface area contributed by atoms with E-state index in [-0.39, 0.29) is 11.5 Å². The largest absolute Gasteiger partial charge is 0.508 e. The van der Waals surface area contributed by atoms with Gasteiger partial charge in [-0.3, -0.25) is 4.79 Å². The van der Waals surface area contributed by atoms with Crippen LogP contribution in [0.1, 0.15) is 50.0 Å². The highest BCUT2D eigenvalue weighted by atomic mass is 32.1. The molecule has 1 heterocycles. The molecule has 0 amide bonds. The lowest BCUT2D eigenvalue weighted by Gasteiger charge is -2.09. The van der Waals surface area contributed by atoms with E-state index >= 15 is 0 Å². The van der Waals surface area contributed by atoms with Crippen LogP contribution in [0.25, 0.3) is 10.1 Å². The number of phenols is 1. The first-order valence-corrected chi connectivity index (χ1v) is 11.9. The number of carbonyl (C=O) groups is 1. The molecule has 4 rings (SSSR count). The Morgan fingerprint density at radius 3 is 2.47 bits per heavy atom. The molecule has 4 aromatic rings. The maximum atomic E-state index is 13.6. The third-order valence-electron chi connectivity index (χ3n) is 5.86. The molecule has 0 saturated heterocycles. The summed E-state index contributed by atoms with van der Waals surface area (Å²) in [6.07, 6.45) is 1.69.